The largest absolute Gasteiger partial charge is 0.410 e. The third-order valence-electron chi connectivity index (χ3n) is 4.11. The average molecular weight is 318 g/mol. The molecule has 0 unspecified atom stereocenters. The van der Waals surface area contributed by atoms with Crippen LogP contribution < -0.4 is 0 Å². The molecule has 0 aromatic carbocycles. The van der Waals surface area contributed by atoms with Gasteiger partial charge in [-0.2, -0.15) is 0 Å². The highest BCUT2D eigenvalue weighted by Crippen LogP contribution is 2.30. The summed E-state index contributed by atoms with van der Waals surface area (Å²) in [6.07, 6.45) is 4.46. The summed E-state index contributed by atoms with van der Waals surface area (Å²) in [7, 11) is 0. The van der Waals surface area contributed by atoms with E-state index < -0.39 is 23.6 Å². The van der Waals surface area contributed by atoms with Gasteiger partial charge in [0, 0.05) is 18.7 Å². The van der Waals surface area contributed by atoms with E-state index in [1.54, 1.807) is 0 Å². The van der Waals surface area contributed by atoms with Crippen molar-refractivity contribution in [2.24, 2.45) is 0 Å². The van der Waals surface area contributed by atoms with Gasteiger partial charge in [-0.05, 0) is 25.9 Å². The van der Waals surface area contributed by atoms with Crippen LogP contribution in [0, 0.1) is 11.8 Å². The third kappa shape index (κ3) is 3.37. The first-order valence-corrected chi connectivity index (χ1v) is 7.70. The van der Waals surface area contributed by atoms with Crippen LogP contribution in [0.25, 0.3) is 0 Å². The Balaban J connectivity index is 1.59. The number of hydrogen-bond donors (Lipinski definition) is 0. The summed E-state index contributed by atoms with van der Waals surface area (Å²) in [5, 5.41) is 0. The lowest BCUT2D eigenvalue weighted by atomic mass is 10.2. The Morgan fingerprint density at radius 3 is 2.22 bits per heavy atom. The van der Waals surface area contributed by atoms with Crippen molar-refractivity contribution in [3.05, 3.63) is 12.2 Å². The Bertz CT molecular complexity index is 590. The van der Waals surface area contributed by atoms with Crippen LogP contribution in [0.4, 0.5) is 0 Å². The molecule has 7 heteroatoms. The molecule has 1 spiro atoms. The Hall–Kier alpha value is -2.33. The van der Waals surface area contributed by atoms with Gasteiger partial charge in [-0.25, -0.2) is 9.59 Å². The lowest BCUT2D eigenvalue weighted by molar-refractivity contribution is -0.217. The predicted octanol–water partition coefficient (Wildman–Crippen LogP) is -0.330. The Morgan fingerprint density at radius 2 is 1.57 bits per heavy atom. The topological polar surface area (TPSA) is 76.2 Å². The number of nitrogens with zero attached hydrogens (tertiary/aromatic N) is 2. The van der Waals surface area contributed by atoms with Crippen LogP contribution in [-0.2, 0) is 23.9 Å². The van der Waals surface area contributed by atoms with Gasteiger partial charge in [0.2, 0.25) is 0 Å². The molecule has 0 saturated carbocycles. The lowest BCUT2D eigenvalue weighted by Crippen LogP contribution is -2.46. The second kappa shape index (κ2) is 6.42. The molecule has 0 atom stereocenters. The minimum absolute atomic E-state index is 0.124. The standard InChI is InChI=1S/C16H18N2O5/c19-13-5-6-14(20)23-16(22-13)7-12-18(15(16)21)11-4-3-10-17-8-1-2-9-17/h5-6H,1-2,7-12H2. The molecule has 0 aromatic rings. The monoisotopic (exact) mass is 318 g/mol. The van der Waals surface area contributed by atoms with Crippen LogP contribution in [-0.4, -0.2) is 66.2 Å². The van der Waals surface area contributed by atoms with Crippen LogP contribution in [0.3, 0.4) is 0 Å². The van der Waals surface area contributed by atoms with E-state index in [2.05, 4.69) is 16.7 Å². The summed E-state index contributed by atoms with van der Waals surface area (Å²) in [6.45, 7) is 3.40. The van der Waals surface area contributed by atoms with Gasteiger partial charge < -0.3 is 14.4 Å². The summed E-state index contributed by atoms with van der Waals surface area (Å²) >= 11 is 0. The highest BCUT2D eigenvalue weighted by Gasteiger charge is 2.54. The number of rotatable bonds is 2. The molecule has 3 aliphatic heterocycles. The zero-order valence-electron chi connectivity index (χ0n) is 12.7. The normalized spacial score (nSPS) is 23.5. The summed E-state index contributed by atoms with van der Waals surface area (Å²) < 4.78 is 10.1. The Kier molecular flexibility index (Phi) is 4.35. The molecule has 3 aliphatic rings. The minimum Gasteiger partial charge on any atom is -0.410 e. The average Bonchev–Trinajstić information content (AvgIpc) is 3.09. The van der Waals surface area contributed by atoms with E-state index >= 15 is 0 Å². The fraction of sp³-hybridized carbons (Fsp3) is 0.562. The second-order valence-corrected chi connectivity index (χ2v) is 5.74. The third-order valence-corrected chi connectivity index (χ3v) is 4.11. The molecule has 1 amide bonds. The first-order chi connectivity index (χ1) is 11.1. The van der Waals surface area contributed by atoms with Gasteiger partial charge in [0.1, 0.15) is 0 Å². The van der Waals surface area contributed by atoms with E-state index in [1.807, 2.05) is 0 Å². The molecular formula is C16H18N2O5. The van der Waals surface area contributed by atoms with Crippen LogP contribution in [0.2, 0.25) is 0 Å². The zero-order chi connectivity index (χ0) is 16.3. The van der Waals surface area contributed by atoms with Crippen molar-refractivity contribution in [2.75, 3.05) is 32.7 Å². The maximum atomic E-state index is 12.4. The number of carbonyl (C=O) groups excluding carboxylic acids is 3. The smallest absolute Gasteiger partial charge is 0.338 e. The molecule has 0 aliphatic carbocycles. The predicted molar refractivity (Wildman–Crippen MR) is 78.7 cm³/mol. The van der Waals surface area contributed by atoms with Gasteiger partial charge in [-0.3, -0.25) is 9.69 Å². The maximum Gasteiger partial charge on any atom is 0.338 e. The van der Waals surface area contributed by atoms with E-state index in [4.69, 9.17) is 9.47 Å². The summed E-state index contributed by atoms with van der Waals surface area (Å²) in [6, 6.07) is 0. The quantitative estimate of drug-likeness (QED) is 0.513. The molecule has 7 nitrogen and oxygen atoms in total. The van der Waals surface area contributed by atoms with Crippen molar-refractivity contribution in [3.63, 3.8) is 0 Å². The van der Waals surface area contributed by atoms with Crippen LogP contribution in [0.1, 0.15) is 19.3 Å². The fourth-order valence-corrected chi connectivity index (χ4v) is 2.88. The van der Waals surface area contributed by atoms with E-state index in [0.717, 1.165) is 25.2 Å². The van der Waals surface area contributed by atoms with E-state index in [0.29, 0.717) is 13.1 Å². The second-order valence-electron chi connectivity index (χ2n) is 5.74. The van der Waals surface area contributed by atoms with Gasteiger partial charge in [0.25, 0.3) is 0 Å². The molecule has 3 rings (SSSR count). The van der Waals surface area contributed by atoms with Crippen LogP contribution in [0.5, 0.6) is 0 Å². The minimum atomic E-state index is -1.83. The van der Waals surface area contributed by atoms with Crippen molar-refractivity contribution >= 4 is 17.8 Å². The highest BCUT2D eigenvalue weighted by atomic mass is 16.7. The van der Waals surface area contributed by atoms with E-state index in [-0.39, 0.29) is 13.0 Å². The molecule has 2 saturated heterocycles. The molecule has 3 heterocycles. The van der Waals surface area contributed by atoms with Crippen molar-refractivity contribution in [3.8, 4) is 11.8 Å². The van der Waals surface area contributed by atoms with E-state index in [1.165, 1.54) is 17.7 Å². The molecule has 0 radical (unpaired) electrons. The van der Waals surface area contributed by atoms with Gasteiger partial charge >= 0.3 is 23.6 Å². The number of carbonyl (C=O) groups is 3. The maximum absolute atomic E-state index is 12.4. The summed E-state index contributed by atoms with van der Waals surface area (Å²) in [5.74, 6) is 2.14. The van der Waals surface area contributed by atoms with Crippen molar-refractivity contribution in [1.29, 1.82) is 0 Å². The number of ether oxygens (including phenoxy) is 2. The molecule has 0 N–H and O–H groups in total. The van der Waals surface area contributed by atoms with Crippen molar-refractivity contribution < 1.29 is 23.9 Å². The molecule has 2 fully saturated rings. The molecular weight excluding hydrogens is 300 g/mol. The molecule has 0 aromatic heterocycles. The highest BCUT2D eigenvalue weighted by molar-refractivity contribution is 5.98. The molecule has 122 valence electrons. The van der Waals surface area contributed by atoms with Crippen molar-refractivity contribution in [1.82, 2.24) is 9.80 Å². The van der Waals surface area contributed by atoms with Gasteiger partial charge in [0.15, 0.2) is 0 Å². The van der Waals surface area contributed by atoms with Gasteiger partial charge in [-0.15, -0.1) is 0 Å². The van der Waals surface area contributed by atoms with Crippen LogP contribution >= 0.6 is 0 Å². The number of esters is 2. The lowest BCUT2D eigenvalue weighted by Gasteiger charge is -2.24. The summed E-state index contributed by atoms with van der Waals surface area (Å²) in [5.41, 5.74) is 0. The van der Waals surface area contributed by atoms with Gasteiger partial charge in [-0.1, -0.05) is 11.8 Å². The fourth-order valence-electron chi connectivity index (χ4n) is 2.88. The SMILES string of the molecule is O=C1C=CC(=O)OC2(CCN(CC#CCN3CCCC3)C2=O)O1. The van der Waals surface area contributed by atoms with E-state index in [9.17, 15) is 14.4 Å². The number of amides is 1. The zero-order valence-corrected chi connectivity index (χ0v) is 12.7. The molecule has 0 bridgehead atoms. The first kappa shape index (κ1) is 15.6. The Labute approximate surface area is 134 Å². The summed E-state index contributed by atoms with van der Waals surface area (Å²) in [4.78, 5) is 39.2. The van der Waals surface area contributed by atoms with Crippen molar-refractivity contribution in [2.45, 2.75) is 25.0 Å². The number of likely N-dealkylation sites (tertiary alicyclic amines) is 2. The molecule has 23 heavy (non-hydrogen) atoms. The Morgan fingerprint density at radius 1 is 0.957 bits per heavy atom. The van der Waals surface area contributed by atoms with Crippen LogP contribution in [0.15, 0.2) is 12.2 Å². The van der Waals surface area contributed by atoms with Gasteiger partial charge in [0.05, 0.1) is 19.5 Å². The number of hydrogen-bond acceptors (Lipinski definition) is 6. The first-order valence-electron chi connectivity index (χ1n) is 7.70.